The van der Waals surface area contributed by atoms with Gasteiger partial charge >= 0.3 is 18.2 Å². The maximum absolute atomic E-state index is 12.7. The number of halogens is 4. The fraction of sp³-hybridized carbons (Fsp3) is 0.176. The molecule has 0 radical (unpaired) electrons. The number of hydroxylamine groups is 1. The molecule has 0 aliphatic heterocycles. The van der Waals surface area contributed by atoms with Crippen LogP contribution in [0, 0.1) is 10.1 Å². The minimum atomic E-state index is -4.62. The number of carbonyl (C=O) groups excluding carboxylic acids is 2. The first-order valence-electron chi connectivity index (χ1n) is 8.16. The standard InChI is InChI=1S/C17H12ClF3N2O8/c1-2-28-16(25)22-31-30-15(24)11-8-10(4-5-13(11)23(26)27)29-14-6-3-9(7-12(14)18)17(19,20)21/h3-8H,2H2,1H3,(H,22,25). The Bertz CT molecular complexity index is 1000. The van der Waals surface area contributed by atoms with Gasteiger partial charge in [-0.15, -0.1) is 0 Å². The van der Waals surface area contributed by atoms with Gasteiger partial charge in [-0.3, -0.25) is 15.0 Å². The van der Waals surface area contributed by atoms with Crippen molar-refractivity contribution in [1.82, 2.24) is 5.48 Å². The molecule has 0 spiro atoms. The molecule has 1 N–H and O–H groups in total. The molecule has 2 rings (SSSR count). The number of hydrogen-bond donors (Lipinski definition) is 1. The molecule has 10 nitrogen and oxygen atoms in total. The highest BCUT2D eigenvalue weighted by atomic mass is 35.5. The summed E-state index contributed by atoms with van der Waals surface area (Å²) in [7, 11) is 0. The maximum Gasteiger partial charge on any atom is 0.434 e. The molecule has 0 bridgehead atoms. The summed E-state index contributed by atoms with van der Waals surface area (Å²) in [5.41, 5.74) is -0.753. The van der Waals surface area contributed by atoms with E-state index in [9.17, 15) is 32.9 Å². The second kappa shape index (κ2) is 9.95. The van der Waals surface area contributed by atoms with E-state index in [2.05, 4.69) is 14.6 Å². The van der Waals surface area contributed by atoms with Crippen LogP contribution in [0.2, 0.25) is 5.02 Å². The van der Waals surface area contributed by atoms with Crippen molar-refractivity contribution in [2.75, 3.05) is 6.61 Å². The van der Waals surface area contributed by atoms with Crippen molar-refractivity contribution in [2.24, 2.45) is 0 Å². The van der Waals surface area contributed by atoms with Gasteiger partial charge in [0, 0.05) is 12.1 Å². The molecule has 14 heteroatoms. The van der Waals surface area contributed by atoms with Crippen LogP contribution in [0.3, 0.4) is 0 Å². The van der Waals surface area contributed by atoms with E-state index in [1.54, 1.807) is 5.48 Å². The van der Waals surface area contributed by atoms with Gasteiger partial charge in [0.15, 0.2) is 0 Å². The van der Waals surface area contributed by atoms with Crippen molar-refractivity contribution in [1.29, 1.82) is 0 Å². The molecule has 2 aromatic carbocycles. The fourth-order valence-corrected chi connectivity index (χ4v) is 2.31. The molecule has 0 saturated heterocycles. The summed E-state index contributed by atoms with van der Waals surface area (Å²) in [6.07, 6.45) is -5.71. The van der Waals surface area contributed by atoms with Crippen LogP contribution in [-0.2, 0) is 20.8 Å². The molecule has 1 amide bonds. The minimum Gasteiger partial charge on any atom is -0.456 e. The lowest BCUT2D eigenvalue weighted by Crippen LogP contribution is -2.26. The largest absolute Gasteiger partial charge is 0.456 e. The highest BCUT2D eigenvalue weighted by Crippen LogP contribution is 2.37. The van der Waals surface area contributed by atoms with Crippen LogP contribution in [0.5, 0.6) is 11.5 Å². The zero-order valence-electron chi connectivity index (χ0n) is 15.4. The Morgan fingerprint density at radius 1 is 1.19 bits per heavy atom. The summed E-state index contributed by atoms with van der Waals surface area (Å²) in [6, 6.07) is 5.14. The number of nitrogens with zero attached hydrogens (tertiary/aromatic N) is 1. The van der Waals surface area contributed by atoms with Crippen LogP contribution < -0.4 is 10.2 Å². The van der Waals surface area contributed by atoms with Crippen molar-refractivity contribution in [2.45, 2.75) is 13.1 Å². The van der Waals surface area contributed by atoms with Gasteiger partial charge in [0.2, 0.25) is 0 Å². The number of amides is 1. The zero-order chi connectivity index (χ0) is 23.2. The van der Waals surface area contributed by atoms with Crippen LogP contribution in [0.15, 0.2) is 36.4 Å². The molecule has 0 aliphatic carbocycles. The van der Waals surface area contributed by atoms with Gasteiger partial charge in [0.05, 0.1) is 22.1 Å². The summed E-state index contributed by atoms with van der Waals surface area (Å²) in [5.74, 6) is -1.77. The number of nitro benzene ring substituents is 1. The topological polar surface area (TPSA) is 126 Å². The molecular weight excluding hydrogens is 453 g/mol. The Labute approximate surface area is 176 Å². The lowest BCUT2D eigenvalue weighted by Gasteiger charge is -2.12. The number of hydrogen-bond acceptors (Lipinski definition) is 8. The predicted octanol–water partition coefficient (Wildman–Crippen LogP) is 4.81. The zero-order valence-corrected chi connectivity index (χ0v) is 16.2. The van der Waals surface area contributed by atoms with Crippen LogP contribution in [0.1, 0.15) is 22.8 Å². The second-order valence-electron chi connectivity index (χ2n) is 5.46. The van der Waals surface area contributed by atoms with Gasteiger partial charge in [-0.25, -0.2) is 9.59 Å². The van der Waals surface area contributed by atoms with Gasteiger partial charge in [0.25, 0.3) is 5.69 Å². The van der Waals surface area contributed by atoms with E-state index in [-0.39, 0.29) is 23.1 Å². The number of nitrogens with one attached hydrogen (secondary N) is 1. The van der Waals surface area contributed by atoms with Crippen molar-refractivity contribution in [3.8, 4) is 11.5 Å². The lowest BCUT2D eigenvalue weighted by atomic mass is 10.1. The molecule has 2 aromatic rings. The summed E-state index contributed by atoms with van der Waals surface area (Å²) in [6.45, 7) is 1.50. The molecule has 0 aromatic heterocycles. The van der Waals surface area contributed by atoms with Crippen LogP contribution >= 0.6 is 11.6 Å². The monoisotopic (exact) mass is 464 g/mol. The van der Waals surface area contributed by atoms with E-state index in [1.807, 2.05) is 0 Å². The van der Waals surface area contributed by atoms with Crippen molar-refractivity contribution in [3.05, 3.63) is 62.7 Å². The summed E-state index contributed by atoms with van der Waals surface area (Å²) in [5, 5.41) is 10.8. The summed E-state index contributed by atoms with van der Waals surface area (Å²) >= 11 is 5.80. The Kier molecular flexibility index (Phi) is 7.61. The van der Waals surface area contributed by atoms with E-state index in [0.29, 0.717) is 6.07 Å². The van der Waals surface area contributed by atoms with Gasteiger partial charge in [0.1, 0.15) is 17.1 Å². The van der Waals surface area contributed by atoms with Crippen LogP contribution in [-0.4, -0.2) is 23.6 Å². The number of benzene rings is 2. The summed E-state index contributed by atoms with van der Waals surface area (Å²) in [4.78, 5) is 41.8. The van der Waals surface area contributed by atoms with E-state index < -0.39 is 40.0 Å². The highest BCUT2D eigenvalue weighted by molar-refractivity contribution is 6.32. The molecule has 0 atom stereocenters. The fourth-order valence-electron chi connectivity index (χ4n) is 2.09. The molecule has 166 valence electrons. The third-order valence-corrected chi connectivity index (χ3v) is 3.68. The quantitative estimate of drug-likeness (QED) is 0.351. The third-order valence-electron chi connectivity index (χ3n) is 3.39. The minimum absolute atomic E-state index is 0.000501. The highest BCUT2D eigenvalue weighted by Gasteiger charge is 2.31. The Hall–Kier alpha value is -3.58. The van der Waals surface area contributed by atoms with Gasteiger partial charge in [-0.1, -0.05) is 16.6 Å². The van der Waals surface area contributed by atoms with Crippen molar-refractivity contribution >= 4 is 29.4 Å². The number of ether oxygens (including phenoxy) is 2. The first-order valence-corrected chi connectivity index (χ1v) is 8.54. The molecule has 0 heterocycles. The number of alkyl halides is 3. The second-order valence-corrected chi connectivity index (χ2v) is 5.86. The van der Waals surface area contributed by atoms with Gasteiger partial charge in [-0.05, 0) is 31.2 Å². The number of nitro groups is 1. The lowest BCUT2D eigenvalue weighted by molar-refractivity contribution is -0.385. The Morgan fingerprint density at radius 3 is 2.48 bits per heavy atom. The number of carbonyl (C=O) groups is 2. The Balaban J connectivity index is 2.22. The third kappa shape index (κ3) is 6.45. The van der Waals surface area contributed by atoms with E-state index in [0.717, 1.165) is 30.3 Å². The maximum atomic E-state index is 12.7. The van der Waals surface area contributed by atoms with E-state index in [1.165, 1.54) is 6.92 Å². The van der Waals surface area contributed by atoms with Crippen molar-refractivity contribution in [3.63, 3.8) is 0 Å². The first-order chi connectivity index (χ1) is 14.5. The molecule has 0 aliphatic rings. The van der Waals surface area contributed by atoms with Gasteiger partial charge < -0.3 is 9.47 Å². The van der Waals surface area contributed by atoms with E-state index >= 15 is 0 Å². The molecule has 0 saturated carbocycles. The Morgan fingerprint density at radius 2 is 1.90 bits per heavy atom. The molecule has 0 unspecified atom stereocenters. The number of rotatable bonds is 7. The molecule has 31 heavy (non-hydrogen) atoms. The average Bonchev–Trinajstić information content (AvgIpc) is 2.68. The molecule has 0 fully saturated rings. The van der Waals surface area contributed by atoms with E-state index in [4.69, 9.17) is 16.3 Å². The van der Waals surface area contributed by atoms with Crippen LogP contribution in [0.4, 0.5) is 23.7 Å². The average molecular weight is 465 g/mol. The normalized spacial score (nSPS) is 10.9. The van der Waals surface area contributed by atoms with Crippen molar-refractivity contribution < 1.29 is 47.0 Å². The first kappa shape index (κ1) is 23.7. The summed E-state index contributed by atoms with van der Waals surface area (Å²) < 4.78 is 47.9. The van der Waals surface area contributed by atoms with Crippen LogP contribution in [0.25, 0.3) is 0 Å². The van der Waals surface area contributed by atoms with Gasteiger partial charge in [-0.2, -0.15) is 18.7 Å². The SMILES string of the molecule is CCOC(=O)NOOC(=O)c1cc(Oc2ccc(C(F)(F)F)cc2Cl)ccc1[N+](=O)[O-]. The molecular formula is C17H12ClF3N2O8. The predicted molar refractivity (Wildman–Crippen MR) is 96.3 cm³/mol. The smallest absolute Gasteiger partial charge is 0.434 e.